The summed E-state index contributed by atoms with van der Waals surface area (Å²) in [5.74, 6) is -1.29. The average Bonchev–Trinajstić information content (AvgIpc) is 3.07. The molecule has 1 fully saturated rings. The van der Waals surface area contributed by atoms with E-state index in [0.717, 1.165) is 0 Å². The number of nitrogens with zero attached hydrogens (tertiary/aromatic N) is 1. The standard InChI is InChI=1S/C25H18Cl3NO4/c1-2-33-18-10-8-17(9-11-18)29-22(14-3-6-16(26)7-4-14)21(24(31)25(29)32)23(30)15-5-12-19(27)20(28)13-15/h3-13,22,30H,2H2,1H3/b23-21-. The molecule has 0 bridgehead atoms. The molecule has 1 saturated heterocycles. The van der Waals surface area contributed by atoms with Crippen LogP contribution in [0.5, 0.6) is 5.75 Å². The molecular formula is C25H18Cl3NO4. The van der Waals surface area contributed by atoms with Crippen LogP contribution in [0, 0.1) is 0 Å². The van der Waals surface area contributed by atoms with E-state index >= 15 is 0 Å². The van der Waals surface area contributed by atoms with Gasteiger partial charge in [0, 0.05) is 16.3 Å². The van der Waals surface area contributed by atoms with Crippen LogP contribution >= 0.6 is 34.8 Å². The fraction of sp³-hybridized carbons (Fsp3) is 0.120. The number of ether oxygens (including phenoxy) is 1. The number of amides is 1. The number of aliphatic hydroxyl groups is 1. The third-order valence-electron chi connectivity index (χ3n) is 5.25. The molecule has 0 spiro atoms. The van der Waals surface area contributed by atoms with E-state index in [2.05, 4.69) is 0 Å². The van der Waals surface area contributed by atoms with E-state index in [1.165, 1.54) is 23.1 Å². The van der Waals surface area contributed by atoms with Gasteiger partial charge in [0.25, 0.3) is 11.7 Å². The minimum atomic E-state index is -0.880. The minimum Gasteiger partial charge on any atom is -0.507 e. The van der Waals surface area contributed by atoms with Crippen molar-refractivity contribution in [3.8, 4) is 5.75 Å². The number of carbonyl (C=O) groups excluding carboxylic acids is 2. The van der Waals surface area contributed by atoms with Crippen LogP contribution in [0.2, 0.25) is 15.1 Å². The first-order valence-electron chi connectivity index (χ1n) is 10.1. The van der Waals surface area contributed by atoms with Crippen LogP contribution in [0.15, 0.2) is 72.3 Å². The molecule has 0 aliphatic carbocycles. The van der Waals surface area contributed by atoms with Gasteiger partial charge in [-0.25, -0.2) is 0 Å². The predicted octanol–water partition coefficient (Wildman–Crippen LogP) is 6.67. The maximum atomic E-state index is 13.2. The molecule has 1 unspecified atom stereocenters. The Hall–Kier alpha value is -2.99. The highest BCUT2D eigenvalue weighted by atomic mass is 35.5. The van der Waals surface area contributed by atoms with Crippen molar-refractivity contribution in [2.24, 2.45) is 0 Å². The lowest BCUT2D eigenvalue weighted by atomic mass is 9.95. The van der Waals surface area contributed by atoms with E-state index in [1.807, 2.05) is 6.92 Å². The summed E-state index contributed by atoms with van der Waals surface area (Å²) in [6, 6.07) is 17.2. The fourth-order valence-electron chi connectivity index (χ4n) is 3.73. The Morgan fingerprint density at radius 2 is 1.61 bits per heavy atom. The Morgan fingerprint density at radius 3 is 2.21 bits per heavy atom. The van der Waals surface area contributed by atoms with Crippen LogP contribution in [-0.2, 0) is 9.59 Å². The van der Waals surface area contributed by atoms with Gasteiger partial charge in [0.2, 0.25) is 0 Å². The Labute approximate surface area is 205 Å². The van der Waals surface area contributed by atoms with Crippen LogP contribution in [0.25, 0.3) is 5.76 Å². The van der Waals surface area contributed by atoms with Crippen LogP contribution in [-0.4, -0.2) is 23.4 Å². The van der Waals surface area contributed by atoms with E-state index < -0.39 is 17.7 Å². The third-order valence-corrected chi connectivity index (χ3v) is 6.24. The highest BCUT2D eigenvalue weighted by molar-refractivity contribution is 6.51. The number of Topliss-reactive ketones (excluding diaryl/α,β-unsaturated/α-hetero) is 1. The van der Waals surface area contributed by atoms with Crippen molar-refractivity contribution >= 4 is 57.9 Å². The number of halogens is 3. The smallest absolute Gasteiger partial charge is 0.300 e. The van der Waals surface area contributed by atoms with Gasteiger partial charge in [0.15, 0.2) is 0 Å². The molecule has 5 nitrogen and oxygen atoms in total. The van der Waals surface area contributed by atoms with Gasteiger partial charge in [0.05, 0.1) is 28.3 Å². The predicted molar refractivity (Wildman–Crippen MR) is 130 cm³/mol. The van der Waals surface area contributed by atoms with E-state index in [4.69, 9.17) is 39.5 Å². The van der Waals surface area contributed by atoms with E-state index in [0.29, 0.717) is 33.7 Å². The highest BCUT2D eigenvalue weighted by Crippen LogP contribution is 2.43. The second-order valence-electron chi connectivity index (χ2n) is 7.28. The van der Waals surface area contributed by atoms with Crippen LogP contribution in [0.4, 0.5) is 5.69 Å². The number of hydrogen-bond acceptors (Lipinski definition) is 4. The van der Waals surface area contributed by atoms with Crippen molar-refractivity contribution in [2.45, 2.75) is 13.0 Å². The molecule has 1 aliphatic rings. The van der Waals surface area contributed by atoms with Gasteiger partial charge in [-0.15, -0.1) is 0 Å². The topological polar surface area (TPSA) is 66.8 Å². The molecule has 0 radical (unpaired) electrons. The van der Waals surface area contributed by atoms with E-state index in [1.54, 1.807) is 48.5 Å². The van der Waals surface area contributed by atoms with Gasteiger partial charge < -0.3 is 9.84 Å². The van der Waals surface area contributed by atoms with Crippen molar-refractivity contribution in [2.75, 3.05) is 11.5 Å². The SMILES string of the molecule is CCOc1ccc(N2C(=O)C(=O)/C(=C(\O)c3ccc(Cl)c(Cl)c3)C2c2ccc(Cl)cc2)cc1. The van der Waals surface area contributed by atoms with E-state index in [-0.39, 0.29) is 21.9 Å². The monoisotopic (exact) mass is 501 g/mol. The molecule has 33 heavy (non-hydrogen) atoms. The van der Waals surface area contributed by atoms with Crippen molar-refractivity contribution in [3.63, 3.8) is 0 Å². The first-order valence-corrected chi connectivity index (χ1v) is 11.2. The first kappa shape index (κ1) is 23.2. The Kier molecular flexibility index (Phi) is 6.66. The van der Waals surface area contributed by atoms with Crippen LogP contribution < -0.4 is 9.64 Å². The zero-order valence-electron chi connectivity index (χ0n) is 17.4. The molecule has 1 aliphatic heterocycles. The number of ketones is 1. The van der Waals surface area contributed by atoms with Gasteiger partial charge in [-0.3, -0.25) is 14.5 Å². The summed E-state index contributed by atoms with van der Waals surface area (Å²) in [7, 11) is 0. The number of benzene rings is 3. The van der Waals surface area contributed by atoms with E-state index in [9.17, 15) is 14.7 Å². The maximum absolute atomic E-state index is 13.2. The molecule has 0 aromatic heterocycles. The molecule has 3 aromatic rings. The summed E-state index contributed by atoms with van der Waals surface area (Å²) in [6.07, 6.45) is 0. The second-order valence-corrected chi connectivity index (χ2v) is 8.53. The van der Waals surface area contributed by atoms with Crippen LogP contribution in [0.3, 0.4) is 0 Å². The summed E-state index contributed by atoms with van der Waals surface area (Å²) < 4.78 is 5.48. The zero-order valence-corrected chi connectivity index (χ0v) is 19.7. The van der Waals surface area contributed by atoms with Gasteiger partial charge in [-0.2, -0.15) is 0 Å². The number of rotatable bonds is 5. The summed E-state index contributed by atoms with van der Waals surface area (Å²) in [6.45, 7) is 2.37. The summed E-state index contributed by atoms with van der Waals surface area (Å²) >= 11 is 18.2. The molecule has 3 aromatic carbocycles. The van der Waals surface area contributed by atoms with Crippen molar-refractivity contribution in [3.05, 3.63) is 98.5 Å². The molecular weight excluding hydrogens is 485 g/mol. The average molecular weight is 503 g/mol. The number of aliphatic hydroxyl groups excluding tert-OH is 1. The maximum Gasteiger partial charge on any atom is 0.300 e. The molecule has 1 atom stereocenters. The molecule has 8 heteroatoms. The summed E-state index contributed by atoms with van der Waals surface area (Å²) in [5, 5.41) is 12.1. The Bertz CT molecular complexity index is 1250. The number of carbonyl (C=O) groups is 2. The number of anilines is 1. The first-order chi connectivity index (χ1) is 15.8. The van der Waals surface area contributed by atoms with Gasteiger partial charge in [0.1, 0.15) is 11.5 Å². The molecule has 1 heterocycles. The minimum absolute atomic E-state index is 0.0606. The third kappa shape index (κ3) is 4.44. The van der Waals surface area contributed by atoms with Crippen molar-refractivity contribution < 1.29 is 19.4 Å². The second kappa shape index (κ2) is 9.48. The molecule has 4 rings (SSSR count). The fourth-order valence-corrected chi connectivity index (χ4v) is 4.15. The normalized spacial score (nSPS) is 17.5. The zero-order chi connectivity index (χ0) is 23.7. The van der Waals surface area contributed by atoms with Gasteiger partial charge in [-0.05, 0) is 67.1 Å². The lowest BCUT2D eigenvalue weighted by Crippen LogP contribution is -2.29. The molecule has 1 N–H and O–H groups in total. The largest absolute Gasteiger partial charge is 0.507 e. The molecule has 1 amide bonds. The highest BCUT2D eigenvalue weighted by Gasteiger charge is 2.47. The quantitative estimate of drug-likeness (QED) is 0.240. The van der Waals surface area contributed by atoms with Crippen LogP contribution in [0.1, 0.15) is 24.1 Å². The summed E-state index contributed by atoms with van der Waals surface area (Å²) in [5.41, 5.74) is 1.30. The van der Waals surface area contributed by atoms with Crippen molar-refractivity contribution in [1.82, 2.24) is 0 Å². The molecule has 168 valence electrons. The lowest BCUT2D eigenvalue weighted by molar-refractivity contribution is -0.132. The van der Waals surface area contributed by atoms with Gasteiger partial charge in [-0.1, -0.05) is 46.9 Å². The summed E-state index contributed by atoms with van der Waals surface area (Å²) in [4.78, 5) is 27.7. The lowest BCUT2D eigenvalue weighted by Gasteiger charge is -2.25. The van der Waals surface area contributed by atoms with Gasteiger partial charge >= 0.3 is 0 Å². The molecule has 0 saturated carbocycles. The Balaban J connectivity index is 1.89. The Morgan fingerprint density at radius 1 is 0.939 bits per heavy atom. The number of hydrogen-bond donors (Lipinski definition) is 1. The van der Waals surface area contributed by atoms with Crippen molar-refractivity contribution in [1.29, 1.82) is 0 Å².